The summed E-state index contributed by atoms with van der Waals surface area (Å²) in [5, 5.41) is 3.05. The van der Waals surface area contributed by atoms with Gasteiger partial charge in [-0.3, -0.25) is 9.79 Å². The molecule has 1 aromatic heterocycles. The van der Waals surface area contributed by atoms with Crippen molar-refractivity contribution >= 4 is 51.2 Å². The molecule has 0 aliphatic carbocycles. The van der Waals surface area contributed by atoms with E-state index in [4.69, 9.17) is 15.2 Å². The van der Waals surface area contributed by atoms with E-state index in [2.05, 4.69) is 33.6 Å². The number of piperidine rings is 1. The Bertz CT molecular complexity index is 1790. The van der Waals surface area contributed by atoms with Crippen molar-refractivity contribution in [3.63, 3.8) is 0 Å². The van der Waals surface area contributed by atoms with Crippen molar-refractivity contribution in [2.45, 2.75) is 24.1 Å². The van der Waals surface area contributed by atoms with Crippen molar-refractivity contribution in [3.8, 4) is 17.2 Å². The molecule has 0 atom stereocenters. The van der Waals surface area contributed by atoms with Gasteiger partial charge in [0.05, 0.1) is 23.7 Å². The number of methoxy groups -OCH3 is 1. The van der Waals surface area contributed by atoms with Crippen LogP contribution in [0.15, 0.2) is 71.3 Å². The summed E-state index contributed by atoms with van der Waals surface area (Å²) >= 11 is 0. The van der Waals surface area contributed by atoms with Crippen molar-refractivity contribution < 1.29 is 27.1 Å². The van der Waals surface area contributed by atoms with Crippen LogP contribution in [-0.2, 0) is 14.6 Å². The van der Waals surface area contributed by atoms with Gasteiger partial charge in [0, 0.05) is 68.4 Å². The number of nitrogens with zero attached hydrogens (tertiary/aromatic N) is 5. The number of carbonyl (C=O) groups excluding carboxylic acids is 1. The Morgan fingerprint density at radius 2 is 1.85 bits per heavy atom. The van der Waals surface area contributed by atoms with Gasteiger partial charge in [-0.2, -0.15) is 0 Å². The van der Waals surface area contributed by atoms with E-state index in [1.165, 1.54) is 24.5 Å². The molecular formula is C32H36FN7O5S. The van der Waals surface area contributed by atoms with Crippen molar-refractivity contribution in [3.05, 3.63) is 72.7 Å². The zero-order valence-electron chi connectivity index (χ0n) is 25.6. The van der Waals surface area contributed by atoms with Crippen molar-refractivity contribution in [1.82, 2.24) is 9.88 Å². The third kappa shape index (κ3) is 7.28. The highest BCUT2D eigenvalue weighted by Crippen LogP contribution is 2.36. The SMILES string of the molecule is C=CC(=O)N1CCC(Nc2cc(C(N)=Nc3ccc(Oc4ccnc(N5CC(S(C)(=O)=O)C5)c4)cc3F)c(N=C)cc2OC)CC1. The topological polar surface area (TPSA) is 152 Å². The molecule has 242 valence electrons. The number of nitrogens with one attached hydrogen (secondary N) is 1. The molecule has 0 unspecified atom stereocenters. The normalized spacial score (nSPS) is 16.0. The third-order valence-electron chi connectivity index (χ3n) is 8.00. The number of rotatable bonds is 11. The van der Waals surface area contributed by atoms with Crippen LogP contribution >= 0.6 is 0 Å². The second kappa shape index (κ2) is 13.6. The van der Waals surface area contributed by atoms with Gasteiger partial charge in [0.15, 0.2) is 15.7 Å². The molecule has 0 radical (unpaired) electrons. The average Bonchev–Trinajstić information content (AvgIpc) is 3.01. The van der Waals surface area contributed by atoms with Gasteiger partial charge in [-0.15, -0.1) is 0 Å². The second-order valence-corrected chi connectivity index (χ2v) is 13.4. The molecule has 2 aliphatic heterocycles. The minimum absolute atomic E-state index is 0.00717. The number of amides is 1. The number of pyridine rings is 1. The van der Waals surface area contributed by atoms with Gasteiger partial charge in [-0.05, 0) is 49.9 Å². The lowest BCUT2D eigenvalue weighted by atomic mass is 10.0. The van der Waals surface area contributed by atoms with Crippen LogP contribution in [0.25, 0.3) is 0 Å². The van der Waals surface area contributed by atoms with E-state index in [1.54, 1.807) is 48.5 Å². The Balaban J connectivity index is 1.31. The largest absolute Gasteiger partial charge is 0.495 e. The van der Waals surface area contributed by atoms with Crippen LogP contribution in [0, 0.1) is 5.82 Å². The molecule has 2 fully saturated rings. The molecule has 12 nitrogen and oxygen atoms in total. The Kier molecular flexibility index (Phi) is 9.56. The third-order valence-corrected chi connectivity index (χ3v) is 9.50. The van der Waals surface area contributed by atoms with Crippen molar-refractivity contribution in [2.75, 3.05) is 49.8 Å². The number of benzene rings is 2. The van der Waals surface area contributed by atoms with Gasteiger partial charge in [0.25, 0.3) is 0 Å². The Hall–Kier alpha value is -4.98. The zero-order valence-corrected chi connectivity index (χ0v) is 26.5. The number of aromatic nitrogens is 1. The van der Waals surface area contributed by atoms with Gasteiger partial charge in [-0.25, -0.2) is 22.8 Å². The lowest BCUT2D eigenvalue weighted by Crippen LogP contribution is -2.54. The summed E-state index contributed by atoms with van der Waals surface area (Å²) in [6.07, 6.45) is 5.54. The Labute approximate surface area is 267 Å². The summed E-state index contributed by atoms with van der Waals surface area (Å²) < 4.78 is 50.1. The highest BCUT2D eigenvalue weighted by molar-refractivity contribution is 7.91. The lowest BCUT2D eigenvalue weighted by molar-refractivity contribution is -0.126. The van der Waals surface area contributed by atoms with Gasteiger partial charge >= 0.3 is 0 Å². The molecular weight excluding hydrogens is 613 g/mol. The van der Waals surface area contributed by atoms with Crippen LogP contribution in [0.1, 0.15) is 18.4 Å². The summed E-state index contributed by atoms with van der Waals surface area (Å²) in [6, 6.07) is 11.0. The van der Waals surface area contributed by atoms with Crippen LogP contribution in [0.2, 0.25) is 0 Å². The molecule has 5 rings (SSSR count). The average molecular weight is 650 g/mol. The van der Waals surface area contributed by atoms with E-state index in [-0.39, 0.29) is 29.2 Å². The van der Waals surface area contributed by atoms with E-state index in [9.17, 15) is 13.2 Å². The molecule has 3 heterocycles. The van der Waals surface area contributed by atoms with E-state index >= 15 is 4.39 Å². The number of likely N-dealkylation sites (tertiary alicyclic amines) is 1. The molecule has 2 saturated heterocycles. The molecule has 2 aliphatic rings. The summed E-state index contributed by atoms with van der Waals surface area (Å²) in [6.45, 7) is 9.09. The molecule has 1 amide bonds. The molecule has 2 aromatic carbocycles. The number of amidine groups is 1. The molecule has 0 saturated carbocycles. The van der Waals surface area contributed by atoms with E-state index in [1.807, 2.05) is 4.90 Å². The first-order valence-electron chi connectivity index (χ1n) is 14.6. The molecule has 3 aromatic rings. The highest BCUT2D eigenvalue weighted by Gasteiger charge is 2.35. The van der Waals surface area contributed by atoms with Crippen LogP contribution in [0.3, 0.4) is 0 Å². The van der Waals surface area contributed by atoms with Crippen LogP contribution in [0.5, 0.6) is 17.2 Å². The Morgan fingerprint density at radius 1 is 1.13 bits per heavy atom. The van der Waals surface area contributed by atoms with Gasteiger partial charge in [0.1, 0.15) is 34.6 Å². The fourth-order valence-electron chi connectivity index (χ4n) is 5.28. The second-order valence-electron chi connectivity index (χ2n) is 11.1. The predicted molar refractivity (Wildman–Crippen MR) is 178 cm³/mol. The molecule has 3 N–H and O–H groups in total. The number of hydrogen-bond donors (Lipinski definition) is 2. The first-order valence-corrected chi connectivity index (χ1v) is 16.5. The number of ether oxygens (including phenoxy) is 2. The molecule has 0 bridgehead atoms. The number of nitrogens with two attached hydrogens (primary N) is 1. The minimum Gasteiger partial charge on any atom is -0.495 e. The summed E-state index contributed by atoms with van der Waals surface area (Å²) in [7, 11) is -1.57. The van der Waals surface area contributed by atoms with Crippen LogP contribution < -0.4 is 25.4 Å². The van der Waals surface area contributed by atoms with Crippen molar-refractivity contribution in [2.24, 2.45) is 15.7 Å². The molecule has 14 heteroatoms. The van der Waals surface area contributed by atoms with Gasteiger partial charge in [0.2, 0.25) is 5.91 Å². The lowest BCUT2D eigenvalue weighted by Gasteiger charge is -2.38. The number of halogens is 1. The highest BCUT2D eigenvalue weighted by atomic mass is 32.2. The summed E-state index contributed by atoms with van der Waals surface area (Å²) in [4.78, 5) is 28.2. The maximum absolute atomic E-state index is 15.2. The fraction of sp³-hybridized carbons (Fsp3) is 0.312. The van der Waals surface area contributed by atoms with Crippen molar-refractivity contribution in [1.29, 1.82) is 0 Å². The summed E-state index contributed by atoms with van der Waals surface area (Å²) in [5.41, 5.74) is 7.88. The first kappa shape index (κ1) is 32.4. The first-order chi connectivity index (χ1) is 22.0. The van der Waals surface area contributed by atoms with E-state index in [0.29, 0.717) is 60.4 Å². The quantitative estimate of drug-likeness (QED) is 0.177. The maximum Gasteiger partial charge on any atom is 0.245 e. The van der Waals surface area contributed by atoms with E-state index < -0.39 is 20.9 Å². The number of carbonyl (C=O) groups is 1. The maximum atomic E-state index is 15.2. The minimum atomic E-state index is -3.11. The Morgan fingerprint density at radius 3 is 2.48 bits per heavy atom. The predicted octanol–water partition coefficient (Wildman–Crippen LogP) is 4.21. The molecule has 46 heavy (non-hydrogen) atoms. The van der Waals surface area contributed by atoms with Gasteiger partial charge in [-0.1, -0.05) is 6.58 Å². The zero-order chi connectivity index (χ0) is 33.0. The summed E-state index contributed by atoms with van der Waals surface area (Å²) in [5.74, 6) is 1.02. The van der Waals surface area contributed by atoms with Gasteiger partial charge < -0.3 is 30.3 Å². The number of hydrogen-bond acceptors (Lipinski definition) is 10. The van der Waals surface area contributed by atoms with Crippen LogP contribution in [-0.4, -0.2) is 87.6 Å². The molecule has 0 spiro atoms. The smallest absolute Gasteiger partial charge is 0.245 e. The number of anilines is 2. The number of aliphatic imine (C=N–C) groups is 2. The number of sulfone groups is 1. The van der Waals surface area contributed by atoms with Crippen LogP contribution in [0.4, 0.5) is 27.3 Å². The standard InChI is InChI=1S/C32H36FN7O5S/c1-5-31(41)39-12-9-20(10-13-39)37-28-16-24(27(35-2)17-29(28)44-3)32(34)38-26-7-6-21(14-25(26)33)45-22-8-11-36-30(15-22)40-18-23(19-40)46(4,42)43/h5-8,11,14-17,20,23,37H,1-2,9-10,12-13,18-19H2,3-4H3,(H2,34,38). The fourth-order valence-corrected chi connectivity index (χ4v) is 6.18. The van der Waals surface area contributed by atoms with E-state index in [0.717, 1.165) is 12.8 Å². The monoisotopic (exact) mass is 649 g/mol.